The smallest absolute Gasteiger partial charge is 0.251 e. The molecule has 3 rings (SSSR count). The zero-order valence-electron chi connectivity index (χ0n) is 13.1. The maximum Gasteiger partial charge on any atom is 0.251 e. The first-order valence-corrected chi connectivity index (χ1v) is 8.14. The third-order valence-electron chi connectivity index (χ3n) is 3.46. The lowest BCUT2D eigenvalue weighted by molar-refractivity contribution is 0.0919. The molecule has 1 atom stereocenters. The Morgan fingerprint density at radius 1 is 1.39 bits per heavy atom. The van der Waals surface area contributed by atoms with Gasteiger partial charge in [0.25, 0.3) is 5.91 Å². The number of carbonyl (C=O) groups excluding carboxylic acids is 1. The van der Waals surface area contributed by atoms with Crippen LogP contribution >= 0.6 is 11.8 Å². The summed E-state index contributed by atoms with van der Waals surface area (Å²) in [6.07, 6.45) is 3.75. The molecule has 2 heterocycles. The Balaban J connectivity index is 1.80. The van der Waals surface area contributed by atoms with E-state index in [1.807, 2.05) is 37.3 Å². The van der Waals surface area contributed by atoms with Gasteiger partial charge in [-0.15, -0.1) is 10.2 Å². The van der Waals surface area contributed by atoms with Gasteiger partial charge in [0, 0.05) is 11.6 Å². The minimum absolute atomic E-state index is 0.0198. The lowest BCUT2D eigenvalue weighted by Crippen LogP contribution is -2.16. The van der Waals surface area contributed by atoms with Crippen LogP contribution in [-0.4, -0.2) is 39.6 Å². The number of carbonyl (C=O) groups is 1. The van der Waals surface area contributed by atoms with E-state index in [-0.39, 0.29) is 11.2 Å². The Bertz CT molecular complexity index is 770. The summed E-state index contributed by atoms with van der Waals surface area (Å²) in [4.78, 5) is 12.4. The van der Waals surface area contributed by atoms with E-state index < -0.39 is 0 Å². The van der Waals surface area contributed by atoms with Crippen molar-refractivity contribution in [1.29, 1.82) is 0 Å². The summed E-state index contributed by atoms with van der Waals surface area (Å²) in [6, 6.07) is 5.64. The number of nitrogens with zero attached hydrogens (tertiary/aromatic N) is 3. The van der Waals surface area contributed by atoms with E-state index in [9.17, 15) is 4.79 Å². The van der Waals surface area contributed by atoms with Gasteiger partial charge in [0.1, 0.15) is 22.6 Å². The fourth-order valence-electron chi connectivity index (χ4n) is 2.36. The first kappa shape index (κ1) is 15.6. The molecular formula is C16H17N3O3S. The minimum atomic E-state index is -0.296. The number of benzene rings is 1. The number of rotatable bonds is 5. The predicted octanol–water partition coefficient (Wildman–Crippen LogP) is 2.82. The van der Waals surface area contributed by atoms with Gasteiger partial charge in [0.15, 0.2) is 5.16 Å². The molecule has 0 radical (unpaired) electrons. The van der Waals surface area contributed by atoms with Crippen LogP contribution in [0.5, 0.6) is 11.5 Å². The monoisotopic (exact) mass is 331 g/mol. The zero-order valence-corrected chi connectivity index (χ0v) is 14.0. The quantitative estimate of drug-likeness (QED) is 0.839. The van der Waals surface area contributed by atoms with Gasteiger partial charge >= 0.3 is 0 Å². The summed E-state index contributed by atoms with van der Waals surface area (Å²) in [5, 5.41) is 8.25. The number of hydrogen-bond acceptors (Lipinski definition) is 6. The Hall–Kier alpha value is -2.28. The molecule has 23 heavy (non-hydrogen) atoms. The fraction of sp³-hybridized carbons (Fsp3) is 0.312. The van der Waals surface area contributed by atoms with Crippen molar-refractivity contribution in [2.24, 2.45) is 0 Å². The molecule has 1 aliphatic rings. The molecule has 120 valence electrons. The van der Waals surface area contributed by atoms with Gasteiger partial charge < -0.3 is 9.47 Å². The molecule has 0 amide bonds. The van der Waals surface area contributed by atoms with Crippen LogP contribution in [0.15, 0.2) is 29.4 Å². The van der Waals surface area contributed by atoms with Crippen molar-refractivity contribution in [3.8, 4) is 11.5 Å². The van der Waals surface area contributed by atoms with Gasteiger partial charge in [0.2, 0.25) is 0 Å². The minimum Gasteiger partial charge on any atom is -0.496 e. The van der Waals surface area contributed by atoms with E-state index in [1.54, 1.807) is 18.6 Å². The molecule has 0 spiro atoms. The third kappa shape index (κ3) is 2.96. The van der Waals surface area contributed by atoms with Crippen LogP contribution < -0.4 is 9.47 Å². The second-order valence-electron chi connectivity index (χ2n) is 4.94. The first-order valence-electron chi connectivity index (χ1n) is 7.26. The maximum atomic E-state index is 12.4. The second-order valence-corrected chi connectivity index (χ2v) is 6.05. The predicted molar refractivity (Wildman–Crippen MR) is 88.2 cm³/mol. The van der Waals surface area contributed by atoms with Crippen molar-refractivity contribution in [2.45, 2.75) is 24.3 Å². The lowest BCUT2D eigenvalue weighted by Gasteiger charge is -2.09. The largest absolute Gasteiger partial charge is 0.496 e. The van der Waals surface area contributed by atoms with Crippen LogP contribution in [0.1, 0.15) is 23.1 Å². The Morgan fingerprint density at radius 3 is 2.91 bits per heavy atom. The maximum absolute atomic E-state index is 12.4. The highest BCUT2D eigenvalue weighted by Gasteiger charge is 2.32. The topological polar surface area (TPSA) is 66.2 Å². The van der Waals surface area contributed by atoms with Gasteiger partial charge in [-0.05, 0) is 26.0 Å². The Morgan fingerprint density at radius 2 is 2.22 bits per heavy atom. The molecule has 0 saturated carbocycles. The molecular weight excluding hydrogens is 314 g/mol. The molecule has 1 aromatic heterocycles. The first-order chi connectivity index (χ1) is 11.1. The normalized spacial score (nSPS) is 16.8. The van der Waals surface area contributed by atoms with Crippen molar-refractivity contribution in [1.82, 2.24) is 14.8 Å². The number of aromatic nitrogens is 3. The molecule has 0 N–H and O–H groups in total. The van der Waals surface area contributed by atoms with Crippen molar-refractivity contribution in [3.63, 3.8) is 0 Å². The number of methoxy groups -OCH3 is 1. The van der Waals surface area contributed by atoms with Gasteiger partial charge in [-0.25, -0.2) is 4.57 Å². The Kier molecular flexibility index (Phi) is 4.38. The molecule has 1 aromatic carbocycles. The molecule has 0 saturated heterocycles. The van der Waals surface area contributed by atoms with Crippen LogP contribution in [0, 0.1) is 6.92 Å². The highest BCUT2D eigenvalue weighted by Crippen LogP contribution is 2.33. The number of thioether (sulfide) groups is 1. The van der Waals surface area contributed by atoms with Crippen LogP contribution in [0.4, 0.5) is 0 Å². The van der Waals surface area contributed by atoms with E-state index in [4.69, 9.17) is 9.47 Å². The molecule has 0 aliphatic carbocycles. The van der Waals surface area contributed by atoms with Gasteiger partial charge in [-0.3, -0.25) is 4.79 Å². The summed E-state index contributed by atoms with van der Waals surface area (Å²) in [7, 11) is 1.61. The molecule has 2 aromatic rings. The molecule has 0 bridgehead atoms. The van der Waals surface area contributed by atoms with Crippen LogP contribution in [0.25, 0.3) is 6.08 Å². The average molecular weight is 331 g/mol. The third-order valence-corrected chi connectivity index (χ3v) is 4.55. The lowest BCUT2D eigenvalue weighted by atomic mass is 10.1. The van der Waals surface area contributed by atoms with Crippen molar-refractivity contribution < 1.29 is 14.3 Å². The molecule has 1 aliphatic heterocycles. The fourth-order valence-corrected chi connectivity index (χ4v) is 3.37. The number of ether oxygens (including phenoxy) is 2. The van der Waals surface area contributed by atoms with E-state index in [0.717, 1.165) is 11.3 Å². The van der Waals surface area contributed by atoms with Crippen molar-refractivity contribution in [3.05, 3.63) is 35.7 Å². The van der Waals surface area contributed by atoms with E-state index >= 15 is 0 Å². The number of aryl methyl sites for hydroxylation is 1. The standard InChI is InChI=1S/C16H17N3O3S/c1-4-22-12-7-5-11(13(9-12)21-3)6-8-14-15(20)19-10(2)17-18-16(19)23-14/h5-9,14H,4H2,1-3H3/b8-6-. The number of fused-ring (bicyclic) bond motifs is 1. The van der Waals surface area contributed by atoms with Gasteiger partial charge in [-0.2, -0.15) is 0 Å². The van der Waals surface area contributed by atoms with Crippen LogP contribution in [-0.2, 0) is 0 Å². The highest BCUT2D eigenvalue weighted by molar-refractivity contribution is 8.01. The molecule has 1 unspecified atom stereocenters. The summed E-state index contributed by atoms with van der Waals surface area (Å²) in [6.45, 7) is 4.31. The second kappa shape index (κ2) is 6.45. The Labute approximate surface area is 138 Å². The van der Waals surface area contributed by atoms with Crippen molar-refractivity contribution >= 4 is 23.7 Å². The summed E-state index contributed by atoms with van der Waals surface area (Å²) in [5.74, 6) is 2.06. The highest BCUT2D eigenvalue weighted by atomic mass is 32.2. The zero-order chi connectivity index (χ0) is 16.4. The molecule has 7 heteroatoms. The number of hydrogen-bond donors (Lipinski definition) is 0. The van der Waals surface area contributed by atoms with E-state index in [2.05, 4.69) is 10.2 Å². The SMILES string of the molecule is CCOc1ccc(/C=C\C2Sc3nnc(C)n3C2=O)c(OC)c1. The van der Waals surface area contributed by atoms with Gasteiger partial charge in [-0.1, -0.05) is 23.9 Å². The molecule has 0 fully saturated rings. The van der Waals surface area contributed by atoms with Crippen LogP contribution in [0.2, 0.25) is 0 Å². The average Bonchev–Trinajstić information content (AvgIpc) is 3.07. The van der Waals surface area contributed by atoms with Crippen LogP contribution in [0.3, 0.4) is 0 Å². The van der Waals surface area contributed by atoms with E-state index in [0.29, 0.717) is 23.3 Å². The molecule has 6 nitrogen and oxygen atoms in total. The summed E-state index contributed by atoms with van der Waals surface area (Å²) >= 11 is 1.40. The van der Waals surface area contributed by atoms with Crippen molar-refractivity contribution in [2.75, 3.05) is 13.7 Å². The van der Waals surface area contributed by atoms with E-state index in [1.165, 1.54) is 11.8 Å². The van der Waals surface area contributed by atoms with Gasteiger partial charge in [0.05, 0.1) is 13.7 Å². The summed E-state index contributed by atoms with van der Waals surface area (Å²) < 4.78 is 12.4. The summed E-state index contributed by atoms with van der Waals surface area (Å²) in [5.41, 5.74) is 0.892.